The zero-order valence-corrected chi connectivity index (χ0v) is 87.8. The number of morpholine rings is 2. The van der Waals surface area contributed by atoms with Gasteiger partial charge in [0, 0.05) is 185 Å². The molecule has 2 amide bonds. The number of alkyl halides is 1. The second-order valence-electron chi connectivity index (χ2n) is 28.2. The number of hydrogen-bond donors (Lipinski definition) is 6. The number of piperazine rings is 3. The van der Waals surface area contributed by atoms with Crippen LogP contribution in [0.2, 0.25) is 15.9 Å². The highest BCUT2D eigenvalue weighted by atomic mass is 36.0. The fourth-order valence-corrected chi connectivity index (χ4v) is 14.3. The molecule has 6 fully saturated rings. The first-order chi connectivity index (χ1) is 68.8. The van der Waals surface area contributed by atoms with Crippen LogP contribution in [-0.4, -0.2) is 337 Å². The molecule has 0 unspecified atom stereocenters. The molecule has 0 aliphatic carbocycles. The number of aromatic nitrogens is 12. The average Bonchev–Trinajstić information content (AvgIpc) is 1.65. The number of anilines is 4. The molecule has 6 saturated heterocycles. The van der Waals surface area contributed by atoms with Crippen LogP contribution in [0.25, 0.3) is 20.4 Å². The van der Waals surface area contributed by atoms with Gasteiger partial charge in [0.15, 0.2) is 17.9 Å². The number of urea groups is 1. The molecule has 14 rings (SSSR count). The summed E-state index contributed by atoms with van der Waals surface area (Å²) in [5.41, 5.74) is 3.02. The van der Waals surface area contributed by atoms with E-state index in [9.17, 15) is 61.7 Å². The summed E-state index contributed by atoms with van der Waals surface area (Å²) in [6, 6.07) is 3.64. The zero-order chi connectivity index (χ0) is 106. The number of halogens is 7. The van der Waals surface area contributed by atoms with Crippen molar-refractivity contribution in [2.45, 2.75) is 95.0 Å². The number of thiophene rings is 2. The van der Waals surface area contributed by atoms with Gasteiger partial charge in [-0.1, -0.05) is 13.8 Å². The van der Waals surface area contributed by atoms with E-state index in [2.05, 4.69) is 165 Å². The maximum atomic E-state index is 11.8. The van der Waals surface area contributed by atoms with Crippen LogP contribution < -0.4 is 51.9 Å². The van der Waals surface area contributed by atoms with Gasteiger partial charge in [-0.05, 0) is 149 Å². The van der Waals surface area contributed by atoms with Crippen LogP contribution >= 0.6 is 96.4 Å². The molecular formula is C87H124Cl6FN22O23PS2. The molecule has 786 valence electrons. The van der Waals surface area contributed by atoms with Crippen molar-refractivity contribution in [1.29, 1.82) is 0 Å². The standard InChI is InChI=1S/C22H26ClN7O3S.C11H10ClN3O2S.C11H16N4O2.C8H14O3.C7H7ClN2O2.C7H12N2O3.C7H8N2O3.C6H12O2.C4H10N2.C3H6O2.CH3F.Cl3OP/c1-2-33-20(31)15-12-24-22(25-13-15)30-5-3-28(4-6-30)14-16-11-17-18(34-16)19(27-21(23)26-17)29-7-9-32-10-8-29;12-11-13-8-5-7(6-16)18-9(8)10(14-11)15-1-3-17-4-2-15;1-2-17-10(16)9-7-13-11(14-8-9)15-5-3-12-4-6-15;1-4-7(6-10-3)8(9)11-5-2;1-2-12-6(11)5-3-9-7(8)10-4-5;2*1-2-12-6(10)5-3-8-7(11)9-4-5;1-3-5-6(7)8-4-2;1-2-6-4-3-5-1;1-2-5-3-4;1-2;1-5(2,3)4/h11-13H,2-10,14H2,1H3;5-6H,1-4H2;7-8,12H,2-6H2,1H3;6H,4-5H2,1-3H3;3-4H,2H2,1H3;5H,2-4H2,1H3,(H2,8,9,11);3-4H,2H2,1H3,(H,8,9,11);3-5H2,1-2H3;5-6H,1-4H2;3H,2H2,1H3;1H3;/b;;;7-6-;;;;;;;;/i;;;;;;;;;;1D;. The van der Waals surface area contributed by atoms with Gasteiger partial charge < -0.3 is 103 Å². The van der Waals surface area contributed by atoms with E-state index in [0.717, 1.165) is 156 Å². The Morgan fingerprint density at radius 1 is 0.521 bits per heavy atom. The first kappa shape index (κ1) is 124. The molecule has 0 spiro atoms. The van der Waals surface area contributed by atoms with Gasteiger partial charge in [0.05, 0.1) is 160 Å². The molecule has 0 aromatic carbocycles. The summed E-state index contributed by atoms with van der Waals surface area (Å²) in [4.78, 5) is 179. The highest BCUT2D eigenvalue weighted by Crippen LogP contribution is 2.61. The van der Waals surface area contributed by atoms with Crippen LogP contribution in [0.5, 0.6) is 0 Å². The average molecular weight is 2170 g/mol. The number of aromatic amines is 1. The van der Waals surface area contributed by atoms with Gasteiger partial charge in [-0.25, -0.2) is 78.4 Å². The lowest BCUT2D eigenvalue weighted by molar-refractivity contribution is -0.148. The molecule has 14 heterocycles. The van der Waals surface area contributed by atoms with Gasteiger partial charge in [0.2, 0.25) is 27.7 Å². The number of esters is 7. The molecule has 55 heteroatoms. The molecule has 142 heavy (non-hydrogen) atoms. The van der Waals surface area contributed by atoms with Crippen LogP contribution in [-0.2, 0) is 82.4 Å². The molecule has 45 nitrogen and oxygen atoms in total. The number of H-pyrrole nitrogens is 1. The molecule has 0 bridgehead atoms. The summed E-state index contributed by atoms with van der Waals surface area (Å²) < 4.78 is 80.1. The van der Waals surface area contributed by atoms with Crippen molar-refractivity contribution in [1.82, 2.24) is 91.3 Å². The second kappa shape index (κ2) is 74.2. The first-order valence-corrected chi connectivity index (χ1v) is 52.0. The summed E-state index contributed by atoms with van der Waals surface area (Å²) in [6.07, 6.45) is 15.5. The lowest BCUT2D eigenvalue weighted by atomic mass is 10.1. The van der Waals surface area contributed by atoms with E-state index in [0.29, 0.717) is 151 Å². The van der Waals surface area contributed by atoms with Crippen LogP contribution in [0.3, 0.4) is 0 Å². The Bertz CT molecular complexity index is 5160. The Kier molecular flexibility index (Phi) is 64.6. The number of nitrogens with one attached hydrogen (secondary N) is 6. The van der Waals surface area contributed by atoms with Crippen LogP contribution in [0.15, 0.2) is 78.3 Å². The number of carbonyl (C=O) groups is 10. The van der Waals surface area contributed by atoms with E-state index in [1.54, 1.807) is 65.9 Å². The van der Waals surface area contributed by atoms with Gasteiger partial charge in [-0.3, -0.25) is 33.0 Å². The second-order valence-corrected chi connectivity index (χ2v) is 38.1. The maximum Gasteiger partial charge on any atom is 0.344 e. The fraction of sp³-hybridized carbons (Fsp3) is 0.540. The smallest absolute Gasteiger partial charge is 0.344 e. The van der Waals surface area contributed by atoms with E-state index < -0.39 is 36.0 Å². The summed E-state index contributed by atoms with van der Waals surface area (Å²) in [5.74, 6) is 0.419. The first-order valence-electron chi connectivity index (χ1n) is 45.6. The Morgan fingerprint density at radius 3 is 1.32 bits per heavy atom. The fourth-order valence-electron chi connectivity index (χ4n) is 11.8. The van der Waals surface area contributed by atoms with E-state index in [1.807, 2.05) is 20.8 Å². The molecule has 0 radical (unpaired) electrons. The topological polar surface area (TPSA) is 540 Å². The highest BCUT2D eigenvalue weighted by Gasteiger charge is 2.27. The molecule has 6 N–H and O–H groups in total. The van der Waals surface area contributed by atoms with E-state index in [-0.39, 0.29) is 57.2 Å². The minimum Gasteiger partial charge on any atom is -0.504 e. The van der Waals surface area contributed by atoms with Gasteiger partial charge >= 0.3 is 58.7 Å². The van der Waals surface area contributed by atoms with Gasteiger partial charge in [-0.15, -0.1) is 22.7 Å². The molecule has 0 saturated carbocycles. The van der Waals surface area contributed by atoms with Crippen molar-refractivity contribution >= 4 is 201 Å². The monoisotopic (exact) mass is 2170 g/mol. The lowest BCUT2D eigenvalue weighted by Crippen LogP contribution is -2.50. The lowest BCUT2D eigenvalue weighted by Gasteiger charge is -2.34. The van der Waals surface area contributed by atoms with Gasteiger partial charge in [0.1, 0.15) is 0 Å². The number of carbonyl (C=O) groups excluding carboxylic acids is 10. The van der Waals surface area contributed by atoms with Crippen LogP contribution in [0.1, 0.15) is 146 Å². The van der Waals surface area contributed by atoms with Crippen LogP contribution in [0.4, 0.5) is 32.7 Å². The number of aldehydes is 1. The number of nitrogens with zero attached hydrogens (tertiary/aromatic N) is 16. The normalized spacial score (nSPS) is 14.3. The van der Waals surface area contributed by atoms with Crippen LogP contribution in [0, 0.1) is 5.92 Å². The summed E-state index contributed by atoms with van der Waals surface area (Å²) in [7, 11) is 0.509. The maximum absolute atomic E-state index is 11.8. The van der Waals surface area contributed by atoms with E-state index >= 15 is 0 Å². The third kappa shape index (κ3) is 51.0. The molecule has 0 atom stereocenters. The number of hydrogen-bond acceptors (Lipinski definition) is 44. The number of ether oxygens (including phenoxy) is 11. The van der Waals surface area contributed by atoms with Crippen molar-refractivity contribution in [2.75, 3.05) is 231 Å². The Balaban J connectivity index is 0.000000424. The van der Waals surface area contributed by atoms with Gasteiger partial charge in [-0.2, -0.15) is 9.97 Å². The minimum absolute atomic E-state index is 0.0880. The van der Waals surface area contributed by atoms with Crippen molar-refractivity contribution in [3.8, 4) is 0 Å². The Labute approximate surface area is 860 Å². The third-order valence-corrected chi connectivity index (χ3v) is 21.0. The quantitative estimate of drug-likeness (QED) is 0.00558. The van der Waals surface area contributed by atoms with Crippen molar-refractivity contribution in [3.05, 3.63) is 132 Å². The van der Waals surface area contributed by atoms with Crippen molar-refractivity contribution in [2.24, 2.45) is 5.92 Å². The molecule has 6 aliphatic rings. The molecule has 8 aromatic rings. The SMILES string of the molecule is C1CNCCN1.CCCC(=O)OCC.CCOC(=O)/C(=C\OC)CC.CCOC(=O)C1CNC(=O)NC1.CCOC(=O)c1cnc(=O)[nH]c1.CCOC(=O)c1cnc(Cl)nc1.CCOC(=O)c1cnc(N2CCN(Cc3cc4nc(Cl)nc(N5CCOCC5)c4s3)CC2)nc1.CCOC(=O)c1cnc(N2CCNCC2)nc1.CCOC=O.O=Cc1cc2nc(Cl)nc(N3CCOCC3)c2s1.O=P(Cl)(Cl)Cl.[2H]CF. The summed E-state index contributed by atoms with van der Waals surface area (Å²) in [6.45, 7) is 40.5. The number of fused-ring (bicyclic) bond motifs is 2. The Hall–Kier alpha value is -10.7. The number of rotatable bonds is 26. The summed E-state index contributed by atoms with van der Waals surface area (Å²) >= 11 is 34.6. The van der Waals surface area contributed by atoms with E-state index in [1.165, 1.54) is 79.2 Å². The number of methoxy groups -OCH3 is 1. The van der Waals surface area contributed by atoms with Gasteiger partial charge in [0.25, 0.3) is 6.47 Å². The summed E-state index contributed by atoms with van der Waals surface area (Å²) in [5, 5.41) is 12.1. The predicted octanol–water partition coefficient (Wildman–Crippen LogP) is 10.9. The third-order valence-electron chi connectivity index (χ3n) is 18.3. The molecular weight excluding hydrogens is 2050 g/mol. The predicted molar refractivity (Wildman–Crippen MR) is 539 cm³/mol. The zero-order valence-electron chi connectivity index (χ0n) is 81.8. The number of amides is 2. The van der Waals surface area contributed by atoms with Crippen molar-refractivity contribution in [3.63, 3.8) is 0 Å². The van der Waals surface area contributed by atoms with E-state index in [4.69, 9.17) is 74.1 Å². The Morgan fingerprint density at radius 2 is 0.937 bits per heavy atom. The molecule has 6 aliphatic heterocycles. The largest absolute Gasteiger partial charge is 0.504 e. The van der Waals surface area contributed by atoms with Crippen molar-refractivity contribution < 1.29 is 110 Å². The molecule has 8 aromatic heterocycles. The highest BCUT2D eigenvalue weighted by molar-refractivity contribution is 8.24. The minimum atomic E-state index is -3.22.